The van der Waals surface area contributed by atoms with Crippen LogP contribution in [0.15, 0.2) is 24.3 Å². The number of nitrogens with one attached hydrogen (secondary N) is 1. The summed E-state index contributed by atoms with van der Waals surface area (Å²) in [6.07, 6.45) is 12.9. The predicted octanol–water partition coefficient (Wildman–Crippen LogP) is 5.50. The van der Waals surface area contributed by atoms with E-state index in [0.29, 0.717) is 23.8 Å². The van der Waals surface area contributed by atoms with Gasteiger partial charge in [-0.05, 0) is 67.6 Å². The van der Waals surface area contributed by atoms with Crippen molar-refractivity contribution >= 4 is 5.91 Å². The first-order valence-corrected chi connectivity index (χ1v) is 10.4. The lowest BCUT2D eigenvalue weighted by atomic mass is 9.46. The molecule has 0 saturated heterocycles. The van der Waals surface area contributed by atoms with Gasteiger partial charge in [0.05, 0.1) is 5.41 Å². The first-order valence-electron chi connectivity index (χ1n) is 10.4. The van der Waals surface area contributed by atoms with Crippen molar-refractivity contribution in [3.05, 3.63) is 24.3 Å². The summed E-state index contributed by atoms with van der Waals surface area (Å²) >= 11 is 0. The summed E-state index contributed by atoms with van der Waals surface area (Å²) < 4.78 is 0. The second-order valence-electron chi connectivity index (χ2n) is 9.68. The molecule has 0 heterocycles. The fraction of sp³-hybridized carbons (Fsp3) is 0.783. The highest BCUT2D eigenvalue weighted by Crippen LogP contribution is 2.62. The molecule has 2 unspecified atom stereocenters. The van der Waals surface area contributed by atoms with Crippen molar-refractivity contribution in [2.75, 3.05) is 6.54 Å². The van der Waals surface area contributed by atoms with E-state index in [9.17, 15) is 4.79 Å². The highest BCUT2D eigenvalue weighted by Gasteiger charge is 2.57. The molecule has 2 fully saturated rings. The lowest BCUT2D eigenvalue weighted by molar-refractivity contribution is -0.144. The molecule has 3 aliphatic rings. The zero-order valence-corrected chi connectivity index (χ0v) is 16.7. The molecule has 25 heavy (non-hydrogen) atoms. The van der Waals surface area contributed by atoms with Gasteiger partial charge in [-0.25, -0.2) is 0 Å². The number of fused-ring (bicyclic) bond motifs is 3. The lowest BCUT2D eigenvalue weighted by Gasteiger charge is -2.58. The van der Waals surface area contributed by atoms with E-state index in [2.05, 4.69) is 45.7 Å². The third kappa shape index (κ3) is 3.11. The van der Waals surface area contributed by atoms with Crippen LogP contribution in [-0.2, 0) is 4.79 Å². The number of allylic oxidation sites excluding steroid dienone is 2. The molecular formula is C23H37NO. The molecular weight excluding hydrogens is 306 g/mol. The maximum Gasteiger partial charge on any atom is 0.226 e. The molecule has 140 valence electrons. The Morgan fingerprint density at radius 1 is 1.36 bits per heavy atom. The first kappa shape index (κ1) is 18.7. The average Bonchev–Trinajstić information content (AvgIpc) is 2.58. The smallest absolute Gasteiger partial charge is 0.226 e. The Balaban J connectivity index is 1.87. The maximum atomic E-state index is 13.0. The summed E-state index contributed by atoms with van der Waals surface area (Å²) in [5.74, 6) is 3.06. The first-order chi connectivity index (χ1) is 11.8. The molecule has 0 aromatic rings. The minimum atomic E-state index is -0.229. The van der Waals surface area contributed by atoms with Crippen molar-refractivity contribution in [2.24, 2.45) is 34.5 Å². The molecule has 0 bridgehead atoms. The number of rotatable bonds is 4. The van der Waals surface area contributed by atoms with Crippen LogP contribution in [0.25, 0.3) is 0 Å². The Kier molecular flexibility index (Phi) is 5.19. The van der Waals surface area contributed by atoms with Gasteiger partial charge in [0, 0.05) is 6.54 Å². The van der Waals surface area contributed by atoms with Gasteiger partial charge in [-0.3, -0.25) is 4.79 Å². The van der Waals surface area contributed by atoms with E-state index in [1.807, 2.05) is 0 Å². The number of amides is 1. The van der Waals surface area contributed by atoms with Crippen molar-refractivity contribution in [3.63, 3.8) is 0 Å². The Labute approximate surface area is 154 Å². The maximum absolute atomic E-state index is 13.0. The van der Waals surface area contributed by atoms with Gasteiger partial charge in [-0.15, -0.1) is 6.58 Å². The zero-order chi connectivity index (χ0) is 18.2. The van der Waals surface area contributed by atoms with E-state index in [-0.39, 0.29) is 11.3 Å². The standard InChI is InChI=1S/C23H37NO/c1-6-14-24-21(25)23(5)13-7-12-22(4)19-10-8-17(16(2)3)15-18(19)9-11-20(22)23/h6,9,16-17,19-20H,1,7-8,10-15H2,2-5H3,(H,24,25)/t17?,19-,20?,22+,23+/m0/s1. The summed E-state index contributed by atoms with van der Waals surface area (Å²) in [7, 11) is 0. The minimum Gasteiger partial charge on any atom is -0.352 e. The van der Waals surface area contributed by atoms with Crippen LogP contribution in [0.5, 0.6) is 0 Å². The Morgan fingerprint density at radius 2 is 2.12 bits per heavy atom. The molecule has 1 amide bonds. The summed E-state index contributed by atoms with van der Waals surface area (Å²) in [5, 5.41) is 3.11. The number of carbonyl (C=O) groups is 1. The Bertz CT molecular complexity index is 562. The molecule has 0 aromatic heterocycles. The molecule has 0 aromatic carbocycles. The minimum absolute atomic E-state index is 0.229. The monoisotopic (exact) mass is 343 g/mol. The van der Waals surface area contributed by atoms with Gasteiger partial charge in [0.1, 0.15) is 0 Å². The molecule has 2 saturated carbocycles. The van der Waals surface area contributed by atoms with Crippen LogP contribution in [0.3, 0.4) is 0 Å². The van der Waals surface area contributed by atoms with Gasteiger partial charge >= 0.3 is 0 Å². The Hall–Kier alpha value is -1.05. The van der Waals surface area contributed by atoms with Crippen LogP contribution in [0, 0.1) is 34.5 Å². The van der Waals surface area contributed by atoms with Gasteiger partial charge < -0.3 is 5.32 Å². The van der Waals surface area contributed by atoms with Gasteiger partial charge in [0.2, 0.25) is 5.91 Å². The van der Waals surface area contributed by atoms with E-state index < -0.39 is 0 Å². The molecule has 2 heteroatoms. The second kappa shape index (κ2) is 6.93. The largest absolute Gasteiger partial charge is 0.352 e. The highest BCUT2D eigenvalue weighted by molar-refractivity contribution is 5.83. The van der Waals surface area contributed by atoms with Crippen molar-refractivity contribution in [1.29, 1.82) is 0 Å². The van der Waals surface area contributed by atoms with Crippen LogP contribution >= 0.6 is 0 Å². The predicted molar refractivity (Wildman–Crippen MR) is 105 cm³/mol. The SMILES string of the molecule is C=CCNC(=O)[C@]1(C)CCC[C@@]2(C)C1CC=C1CC(C(C)C)CC[C@@H]12. The summed E-state index contributed by atoms with van der Waals surface area (Å²) in [6.45, 7) is 13.8. The second-order valence-corrected chi connectivity index (χ2v) is 9.68. The average molecular weight is 344 g/mol. The number of hydrogen-bond acceptors (Lipinski definition) is 1. The van der Waals surface area contributed by atoms with Gasteiger partial charge in [0.25, 0.3) is 0 Å². The summed E-state index contributed by atoms with van der Waals surface area (Å²) in [5.41, 5.74) is 1.79. The van der Waals surface area contributed by atoms with Crippen LogP contribution in [-0.4, -0.2) is 12.5 Å². The van der Waals surface area contributed by atoms with Crippen molar-refractivity contribution in [1.82, 2.24) is 5.32 Å². The third-order valence-corrected chi connectivity index (χ3v) is 8.03. The molecule has 0 aliphatic heterocycles. The van der Waals surface area contributed by atoms with E-state index in [1.54, 1.807) is 11.6 Å². The van der Waals surface area contributed by atoms with E-state index in [0.717, 1.165) is 24.7 Å². The molecule has 5 atom stereocenters. The quantitative estimate of drug-likeness (QED) is 0.671. The van der Waals surface area contributed by atoms with Crippen LogP contribution in [0.1, 0.15) is 72.6 Å². The van der Waals surface area contributed by atoms with Crippen LogP contribution < -0.4 is 5.32 Å². The lowest BCUT2D eigenvalue weighted by Crippen LogP contribution is -2.56. The third-order valence-electron chi connectivity index (χ3n) is 8.03. The fourth-order valence-electron chi connectivity index (χ4n) is 6.43. The normalized spacial score (nSPS) is 40.7. The Morgan fingerprint density at radius 3 is 2.80 bits per heavy atom. The van der Waals surface area contributed by atoms with E-state index >= 15 is 0 Å². The van der Waals surface area contributed by atoms with Crippen LogP contribution in [0.4, 0.5) is 0 Å². The van der Waals surface area contributed by atoms with Gasteiger partial charge in [-0.1, -0.05) is 51.8 Å². The molecule has 2 nitrogen and oxygen atoms in total. The van der Waals surface area contributed by atoms with Gasteiger partial charge in [-0.2, -0.15) is 0 Å². The zero-order valence-electron chi connectivity index (χ0n) is 16.7. The van der Waals surface area contributed by atoms with Crippen molar-refractivity contribution in [2.45, 2.75) is 72.6 Å². The highest BCUT2D eigenvalue weighted by atomic mass is 16.2. The van der Waals surface area contributed by atoms with E-state index in [1.165, 1.54) is 32.1 Å². The van der Waals surface area contributed by atoms with Crippen LogP contribution in [0.2, 0.25) is 0 Å². The van der Waals surface area contributed by atoms with Crippen molar-refractivity contribution < 1.29 is 4.79 Å². The summed E-state index contributed by atoms with van der Waals surface area (Å²) in [4.78, 5) is 13.0. The summed E-state index contributed by atoms with van der Waals surface area (Å²) in [6, 6.07) is 0. The van der Waals surface area contributed by atoms with Gasteiger partial charge in [0.15, 0.2) is 0 Å². The molecule has 3 rings (SSSR count). The molecule has 0 radical (unpaired) electrons. The van der Waals surface area contributed by atoms with Crippen molar-refractivity contribution in [3.8, 4) is 0 Å². The molecule has 1 N–H and O–H groups in total. The number of hydrogen-bond donors (Lipinski definition) is 1. The topological polar surface area (TPSA) is 29.1 Å². The van der Waals surface area contributed by atoms with E-state index in [4.69, 9.17) is 0 Å². The molecule has 3 aliphatic carbocycles. The fourth-order valence-corrected chi connectivity index (χ4v) is 6.43. The number of carbonyl (C=O) groups excluding carboxylic acids is 1. The molecule has 0 spiro atoms.